The molecule has 2 N–H and O–H groups in total. The van der Waals surface area contributed by atoms with Crippen LogP contribution < -0.4 is 10.6 Å². The Kier molecular flexibility index (Phi) is 10.7. The molecule has 1 amide bonds. The van der Waals surface area contributed by atoms with Gasteiger partial charge in [-0.05, 0) is 60.3 Å². The average Bonchev–Trinajstić information content (AvgIpc) is 2.48. The van der Waals surface area contributed by atoms with Crippen molar-refractivity contribution >= 4 is 17.8 Å². The molecule has 0 saturated carbocycles. The molecule has 0 aliphatic carbocycles. The van der Waals surface area contributed by atoms with Crippen LogP contribution in [0.25, 0.3) is 0 Å². The molecule has 0 aromatic rings. The van der Waals surface area contributed by atoms with Gasteiger partial charge in [0, 0.05) is 12.5 Å². The molecule has 0 aromatic heterocycles. The van der Waals surface area contributed by atoms with Crippen LogP contribution in [0.3, 0.4) is 0 Å². The van der Waals surface area contributed by atoms with E-state index in [1.165, 1.54) is 0 Å². The van der Waals surface area contributed by atoms with Crippen molar-refractivity contribution in [2.24, 2.45) is 5.92 Å². The summed E-state index contributed by atoms with van der Waals surface area (Å²) in [6.07, 6.45) is 1.11. The van der Waals surface area contributed by atoms with Gasteiger partial charge in [-0.15, -0.1) is 0 Å². The van der Waals surface area contributed by atoms with E-state index in [2.05, 4.69) is 10.6 Å². The van der Waals surface area contributed by atoms with E-state index in [4.69, 9.17) is 9.47 Å². The van der Waals surface area contributed by atoms with Gasteiger partial charge >= 0.3 is 11.9 Å². The molecule has 0 bridgehead atoms. The molecule has 0 heterocycles. The molecular formula is C21H40N2O5. The van der Waals surface area contributed by atoms with Crippen molar-refractivity contribution in [2.75, 3.05) is 6.54 Å². The average molecular weight is 401 g/mol. The van der Waals surface area contributed by atoms with Crippen LogP contribution in [0.4, 0.5) is 0 Å². The van der Waals surface area contributed by atoms with Crippen LogP contribution in [-0.2, 0) is 23.9 Å². The summed E-state index contributed by atoms with van der Waals surface area (Å²) in [6.45, 7) is 16.7. The summed E-state index contributed by atoms with van der Waals surface area (Å²) >= 11 is 0. The summed E-state index contributed by atoms with van der Waals surface area (Å²) < 4.78 is 10.6. The number of nitrogens with one attached hydrogen (secondary N) is 2. The third-order valence-corrected chi connectivity index (χ3v) is 3.86. The van der Waals surface area contributed by atoms with Crippen molar-refractivity contribution in [1.82, 2.24) is 10.6 Å². The summed E-state index contributed by atoms with van der Waals surface area (Å²) in [7, 11) is 0. The molecule has 2 atom stereocenters. The van der Waals surface area contributed by atoms with Gasteiger partial charge in [-0.25, -0.2) is 0 Å². The topological polar surface area (TPSA) is 93.7 Å². The molecule has 28 heavy (non-hydrogen) atoms. The first-order valence-corrected chi connectivity index (χ1v) is 10.1. The van der Waals surface area contributed by atoms with Crippen molar-refractivity contribution in [3.8, 4) is 0 Å². The highest BCUT2D eigenvalue weighted by Gasteiger charge is 2.26. The minimum Gasteiger partial charge on any atom is -0.460 e. The van der Waals surface area contributed by atoms with Crippen molar-refractivity contribution < 1.29 is 23.9 Å². The number of esters is 2. The van der Waals surface area contributed by atoms with Gasteiger partial charge in [-0.1, -0.05) is 20.8 Å². The van der Waals surface area contributed by atoms with Gasteiger partial charge in [-0.2, -0.15) is 0 Å². The molecule has 0 saturated heterocycles. The fraction of sp³-hybridized carbons (Fsp3) is 0.857. The van der Waals surface area contributed by atoms with Crippen molar-refractivity contribution in [2.45, 2.75) is 105 Å². The van der Waals surface area contributed by atoms with Gasteiger partial charge in [0.05, 0.1) is 12.6 Å². The fourth-order valence-electron chi connectivity index (χ4n) is 2.59. The number of amides is 1. The van der Waals surface area contributed by atoms with Gasteiger partial charge in [-0.3, -0.25) is 19.7 Å². The second kappa shape index (κ2) is 11.4. The zero-order valence-electron chi connectivity index (χ0n) is 19.1. The number of carbonyl (C=O) groups excluding carboxylic acids is 3. The normalized spacial score (nSPS) is 14.4. The summed E-state index contributed by atoms with van der Waals surface area (Å²) in [5, 5.41) is 5.94. The van der Waals surface area contributed by atoms with Crippen molar-refractivity contribution in [3.05, 3.63) is 0 Å². The van der Waals surface area contributed by atoms with E-state index in [1.807, 2.05) is 20.8 Å². The summed E-state index contributed by atoms with van der Waals surface area (Å²) in [5.74, 6) is -0.766. The fourth-order valence-corrected chi connectivity index (χ4v) is 2.59. The highest BCUT2D eigenvalue weighted by Crippen LogP contribution is 2.12. The lowest BCUT2D eigenvalue weighted by Gasteiger charge is -2.26. The Bertz CT molecular complexity index is 486. The molecule has 164 valence electrons. The zero-order chi connectivity index (χ0) is 22.1. The summed E-state index contributed by atoms with van der Waals surface area (Å²) in [6, 6.07) is -0.660. The van der Waals surface area contributed by atoms with Gasteiger partial charge in [0.15, 0.2) is 0 Å². The van der Waals surface area contributed by atoms with Crippen LogP contribution in [0.1, 0.15) is 81.6 Å². The van der Waals surface area contributed by atoms with Crippen LogP contribution in [0.15, 0.2) is 0 Å². The Morgan fingerprint density at radius 2 is 1.39 bits per heavy atom. The predicted molar refractivity (Wildman–Crippen MR) is 110 cm³/mol. The van der Waals surface area contributed by atoms with E-state index in [1.54, 1.807) is 41.5 Å². The second-order valence-corrected chi connectivity index (χ2v) is 9.41. The van der Waals surface area contributed by atoms with E-state index >= 15 is 0 Å². The van der Waals surface area contributed by atoms with Crippen molar-refractivity contribution in [1.29, 1.82) is 0 Å². The Morgan fingerprint density at radius 1 is 0.893 bits per heavy atom. The number of ether oxygens (including phenoxy) is 2. The quantitative estimate of drug-likeness (QED) is 0.548. The molecule has 0 aliphatic rings. The van der Waals surface area contributed by atoms with Gasteiger partial charge in [0.2, 0.25) is 5.91 Å². The highest BCUT2D eigenvalue weighted by atomic mass is 16.6. The highest BCUT2D eigenvalue weighted by molar-refractivity contribution is 5.83. The predicted octanol–water partition coefficient (Wildman–Crippen LogP) is 2.96. The minimum atomic E-state index is -0.687. The number of carbonyl (C=O) groups is 3. The first-order chi connectivity index (χ1) is 12.6. The van der Waals surface area contributed by atoms with E-state index < -0.39 is 23.2 Å². The monoisotopic (exact) mass is 400 g/mol. The van der Waals surface area contributed by atoms with Crippen LogP contribution in [0, 0.1) is 5.92 Å². The summed E-state index contributed by atoms with van der Waals surface area (Å²) in [5.41, 5.74) is -1.18. The number of hydrogen-bond donors (Lipinski definition) is 2. The smallest absolute Gasteiger partial charge is 0.320 e. The Labute approximate surface area is 170 Å². The van der Waals surface area contributed by atoms with E-state index in [0.29, 0.717) is 0 Å². The van der Waals surface area contributed by atoms with Gasteiger partial charge in [0.25, 0.3) is 0 Å². The molecule has 0 aromatic carbocycles. The lowest BCUT2D eigenvalue weighted by Crippen LogP contribution is -2.50. The number of hydrogen-bond acceptors (Lipinski definition) is 6. The van der Waals surface area contributed by atoms with Crippen LogP contribution >= 0.6 is 0 Å². The van der Waals surface area contributed by atoms with Gasteiger partial charge in [0.1, 0.15) is 11.2 Å². The van der Waals surface area contributed by atoms with E-state index in [9.17, 15) is 14.4 Å². The standard InChI is InChI=1S/C21H40N2O5/c1-10-15(14(2)3)23-19(26)16(11-12-17(24)27-20(4,5)6)22-13-18(25)28-21(7,8)9/h14-16,22H,10-13H2,1-9H3,(H,23,26). The molecular weight excluding hydrogens is 360 g/mol. The van der Waals surface area contributed by atoms with E-state index in [-0.39, 0.29) is 43.2 Å². The van der Waals surface area contributed by atoms with Crippen LogP contribution in [0.2, 0.25) is 0 Å². The summed E-state index contributed by atoms with van der Waals surface area (Å²) in [4.78, 5) is 36.7. The molecule has 7 nitrogen and oxygen atoms in total. The molecule has 0 spiro atoms. The molecule has 0 radical (unpaired) electrons. The first-order valence-electron chi connectivity index (χ1n) is 10.1. The Morgan fingerprint density at radius 3 is 1.82 bits per heavy atom. The maximum Gasteiger partial charge on any atom is 0.320 e. The minimum absolute atomic E-state index is 0.0276. The molecule has 0 rings (SSSR count). The SMILES string of the molecule is CCC(NC(=O)C(CCC(=O)OC(C)(C)C)NCC(=O)OC(C)(C)C)C(C)C. The lowest BCUT2D eigenvalue weighted by atomic mass is 10.0. The maximum atomic E-state index is 12.7. The largest absolute Gasteiger partial charge is 0.460 e. The molecule has 2 unspecified atom stereocenters. The molecule has 0 fully saturated rings. The second-order valence-electron chi connectivity index (χ2n) is 9.41. The van der Waals surface area contributed by atoms with Crippen LogP contribution in [-0.4, -0.2) is 47.7 Å². The third kappa shape index (κ3) is 12.7. The maximum absolute atomic E-state index is 12.7. The molecule has 0 aliphatic heterocycles. The zero-order valence-corrected chi connectivity index (χ0v) is 19.1. The Balaban J connectivity index is 4.97. The molecule has 7 heteroatoms. The first kappa shape index (κ1) is 26.4. The number of rotatable bonds is 10. The lowest BCUT2D eigenvalue weighted by molar-refractivity contribution is -0.155. The Hall–Kier alpha value is -1.63. The van der Waals surface area contributed by atoms with Crippen molar-refractivity contribution in [3.63, 3.8) is 0 Å². The van der Waals surface area contributed by atoms with Gasteiger partial charge < -0.3 is 14.8 Å². The van der Waals surface area contributed by atoms with Crippen LogP contribution in [0.5, 0.6) is 0 Å². The van der Waals surface area contributed by atoms with E-state index in [0.717, 1.165) is 6.42 Å². The third-order valence-electron chi connectivity index (χ3n) is 3.86.